The van der Waals surface area contributed by atoms with Crippen LogP contribution in [0.1, 0.15) is 43.3 Å². The average Bonchev–Trinajstić information content (AvgIpc) is 2.84. The van der Waals surface area contributed by atoms with Gasteiger partial charge in [0.1, 0.15) is 12.2 Å². The van der Waals surface area contributed by atoms with Gasteiger partial charge in [-0.2, -0.15) is 9.78 Å². The Labute approximate surface area is 117 Å². The van der Waals surface area contributed by atoms with Gasteiger partial charge < -0.3 is 10.2 Å². The first-order chi connectivity index (χ1) is 9.59. The molecule has 2 unspecified atom stereocenters. The standard InChI is InChI=1S/C14H18N4O2/c1-10(19)13-16-17-14(11(2)20)18(13)15-9-8-12-6-4-3-5-7-12/h3-7,9-11,19-20H,8H2,1-2H3. The molecule has 0 spiro atoms. The molecule has 20 heavy (non-hydrogen) atoms. The molecule has 0 aliphatic heterocycles. The van der Waals surface area contributed by atoms with Crippen molar-refractivity contribution in [3.05, 3.63) is 47.5 Å². The Morgan fingerprint density at radius 2 is 1.65 bits per heavy atom. The largest absolute Gasteiger partial charge is 0.385 e. The Bertz CT molecular complexity index is 551. The third-order valence-corrected chi connectivity index (χ3v) is 2.80. The second kappa shape index (κ2) is 6.40. The molecule has 2 rings (SSSR count). The molecule has 0 bridgehead atoms. The number of nitrogens with zero attached hydrogens (tertiary/aromatic N) is 4. The summed E-state index contributed by atoms with van der Waals surface area (Å²) in [5, 5.41) is 31.2. The van der Waals surface area contributed by atoms with Crippen molar-refractivity contribution in [3.8, 4) is 0 Å². The summed E-state index contributed by atoms with van der Waals surface area (Å²) >= 11 is 0. The lowest BCUT2D eigenvalue weighted by Crippen LogP contribution is -2.08. The summed E-state index contributed by atoms with van der Waals surface area (Å²) in [4.78, 5) is 0. The van der Waals surface area contributed by atoms with Crippen LogP contribution in [0.25, 0.3) is 0 Å². The Balaban J connectivity index is 2.21. The van der Waals surface area contributed by atoms with E-state index in [-0.39, 0.29) is 0 Å². The Kier molecular flexibility index (Phi) is 4.60. The van der Waals surface area contributed by atoms with Crippen molar-refractivity contribution in [1.82, 2.24) is 14.9 Å². The third kappa shape index (κ3) is 3.28. The van der Waals surface area contributed by atoms with Crippen molar-refractivity contribution in [3.63, 3.8) is 0 Å². The molecule has 2 aromatic rings. The summed E-state index contributed by atoms with van der Waals surface area (Å²) in [7, 11) is 0. The number of rotatable bonds is 5. The van der Waals surface area contributed by atoms with Crippen molar-refractivity contribution < 1.29 is 10.2 Å². The lowest BCUT2D eigenvalue weighted by Gasteiger charge is -2.07. The predicted molar refractivity (Wildman–Crippen MR) is 75.3 cm³/mol. The molecular weight excluding hydrogens is 256 g/mol. The highest BCUT2D eigenvalue weighted by atomic mass is 16.3. The van der Waals surface area contributed by atoms with Crippen LogP contribution in [0.2, 0.25) is 0 Å². The fraction of sp³-hybridized carbons (Fsp3) is 0.357. The smallest absolute Gasteiger partial charge is 0.182 e. The molecule has 1 aromatic carbocycles. The van der Waals surface area contributed by atoms with Crippen LogP contribution in [0.4, 0.5) is 0 Å². The maximum Gasteiger partial charge on any atom is 0.182 e. The first-order valence-corrected chi connectivity index (χ1v) is 6.47. The van der Waals surface area contributed by atoms with Gasteiger partial charge in [0.15, 0.2) is 11.6 Å². The van der Waals surface area contributed by atoms with Crippen molar-refractivity contribution >= 4 is 6.21 Å². The molecule has 2 atom stereocenters. The monoisotopic (exact) mass is 274 g/mol. The summed E-state index contributed by atoms with van der Waals surface area (Å²) in [5.41, 5.74) is 1.13. The van der Waals surface area contributed by atoms with E-state index in [1.807, 2.05) is 30.3 Å². The van der Waals surface area contributed by atoms with Crippen LogP contribution in [0, 0.1) is 0 Å². The molecular formula is C14H18N4O2. The summed E-state index contributed by atoms with van der Waals surface area (Å²) < 4.78 is 1.39. The average molecular weight is 274 g/mol. The zero-order valence-electron chi connectivity index (χ0n) is 11.5. The van der Waals surface area contributed by atoms with Crippen LogP contribution in [0.3, 0.4) is 0 Å². The molecule has 2 N–H and O–H groups in total. The molecule has 1 aromatic heterocycles. The van der Waals surface area contributed by atoms with E-state index in [9.17, 15) is 10.2 Å². The van der Waals surface area contributed by atoms with Crippen molar-refractivity contribution in [2.75, 3.05) is 0 Å². The summed E-state index contributed by atoms with van der Waals surface area (Å²) in [6.07, 6.45) is 0.751. The Hall–Kier alpha value is -2.05. The molecule has 0 amide bonds. The van der Waals surface area contributed by atoms with Gasteiger partial charge in [0.2, 0.25) is 0 Å². The van der Waals surface area contributed by atoms with Crippen LogP contribution in [0.15, 0.2) is 35.4 Å². The van der Waals surface area contributed by atoms with Gasteiger partial charge in [-0.3, -0.25) is 0 Å². The van der Waals surface area contributed by atoms with Gasteiger partial charge in [0.25, 0.3) is 0 Å². The molecule has 0 radical (unpaired) electrons. The molecule has 0 aliphatic rings. The van der Waals surface area contributed by atoms with Crippen molar-refractivity contribution in [2.45, 2.75) is 32.5 Å². The fourth-order valence-corrected chi connectivity index (χ4v) is 1.79. The number of hydrogen-bond acceptors (Lipinski definition) is 5. The molecule has 0 aliphatic carbocycles. The van der Waals surface area contributed by atoms with E-state index >= 15 is 0 Å². The minimum Gasteiger partial charge on any atom is -0.385 e. The number of hydrogen-bond donors (Lipinski definition) is 2. The van der Waals surface area contributed by atoms with E-state index in [2.05, 4.69) is 15.3 Å². The Morgan fingerprint density at radius 3 is 2.15 bits per heavy atom. The first kappa shape index (κ1) is 14.4. The molecule has 0 saturated carbocycles. The molecule has 1 heterocycles. The molecule has 106 valence electrons. The minimum atomic E-state index is -0.802. The summed E-state index contributed by atoms with van der Waals surface area (Å²) in [6, 6.07) is 9.89. The third-order valence-electron chi connectivity index (χ3n) is 2.80. The number of aromatic nitrogens is 3. The van der Waals surface area contributed by atoms with Crippen LogP contribution in [-0.4, -0.2) is 31.3 Å². The second-order valence-electron chi connectivity index (χ2n) is 4.57. The van der Waals surface area contributed by atoms with E-state index in [0.29, 0.717) is 18.1 Å². The van der Waals surface area contributed by atoms with Gasteiger partial charge in [0.05, 0.1) is 0 Å². The number of aliphatic hydroxyl groups excluding tert-OH is 2. The van der Waals surface area contributed by atoms with Crippen LogP contribution in [0.5, 0.6) is 0 Å². The van der Waals surface area contributed by atoms with Crippen LogP contribution < -0.4 is 0 Å². The Morgan fingerprint density at radius 1 is 1.10 bits per heavy atom. The summed E-state index contributed by atoms with van der Waals surface area (Å²) in [6.45, 7) is 3.16. The van der Waals surface area contributed by atoms with Crippen molar-refractivity contribution in [2.24, 2.45) is 5.10 Å². The lowest BCUT2D eigenvalue weighted by molar-refractivity contribution is 0.174. The number of benzene rings is 1. The van der Waals surface area contributed by atoms with Crippen LogP contribution in [-0.2, 0) is 6.42 Å². The zero-order valence-corrected chi connectivity index (χ0v) is 11.5. The van der Waals surface area contributed by atoms with E-state index in [1.54, 1.807) is 20.1 Å². The SMILES string of the molecule is CC(O)c1nnc(C(C)O)n1N=CCc1ccccc1. The molecule has 6 heteroatoms. The van der Waals surface area contributed by atoms with Gasteiger partial charge in [-0.25, -0.2) is 0 Å². The topological polar surface area (TPSA) is 83.5 Å². The first-order valence-electron chi connectivity index (χ1n) is 6.47. The molecule has 6 nitrogen and oxygen atoms in total. The normalized spacial score (nSPS) is 14.6. The van der Waals surface area contributed by atoms with E-state index in [4.69, 9.17) is 0 Å². The summed E-state index contributed by atoms with van der Waals surface area (Å²) in [5.74, 6) is 0.621. The highest BCUT2D eigenvalue weighted by molar-refractivity contribution is 5.61. The molecule has 0 fully saturated rings. The van der Waals surface area contributed by atoms with Crippen LogP contribution >= 0.6 is 0 Å². The van der Waals surface area contributed by atoms with Gasteiger partial charge >= 0.3 is 0 Å². The minimum absolute atomic E-state index is 0.310. The van der Waals surface area contributed by atoms with E-state index in [0.717, 1.165) is 5.56 Å². The van der Waals surface area contributed by atoms with Gasteiger partial charge in [-0.1, -0.05) is 30.3 Å². The predicted octanol–water partition coefficient (Wildman–Crippen LogP) is 1.46. The van der Waals surface area contributed by atoms with Gasteiger partial charge in [-0.05, 0) is 19.4 Å². The highest BCUT2D eigenvalue weighted by Gasteiger charge is 2.18. The number of aliphatic hydroxyl groups is 2. The maximum absolute atomic E-state index is 9.64. The zero-order chi connectivity index (χ0) is 14.5. The van der Waals surface area contributed by atoms with Gasteiger partial charge in [0, 0.05) is 12.6 Å². The second-order valence-corrected chi connectivity index (χ2v) is 4.57. The van der Waals surface area contributed by atoms with Gasteiger partial charge in [-0.15, -0.1) is 10.2 Å². The lowest BCUT2D eigenvalue weighted by atomic mass is 10.2. The fourth-order valence-electron chi connectivity index (χ4n) is 1.79. The quantitative estimate of drug-likeness (QED) is 0.808. The van der Waals surface area contributed by atoms with Crippen molar-refractivity contribution in [1.29, 1.82) is 0 Å². The maximum atomic E-state index is 9.64. The van der Waals surface area contributed by atoms with E-state index < -0.39 is 12.2 Å². The highest BCUT2D eigenvalue weighted by Crippen LogP contribution is 2.16. The van der Waals surface area contributed by atoms with E-state index in [1.165, 1.54) is 4.68 Å². The molecule has 0 saturated heterocycles.